The number of aromatic nitrogens is 3. The van der Waals surface area contributed by atoms with Crippen LogP contribution in [0.2, 0.25) is 0 Å². The SMILES string of the molecule is OC[C@H]1O[C@H](n2cc([C@H]3O[C@H](COCc4ccccc4)[C@@H](OCc4ccccc4)[C@H](OCc4ccccc4)[C@@H]3OCc3ccccc3)nn2)[C@@H](O)[C@@H](O)[C@@H]1O. The molecule has 0 unspecified atom stereocenters. The number of aliphatic hydroxyl groups excluding tert-OH is 4. The van der Waals surface area contributed by atoms with E-state index in [0.717, 1.165) is 22.3 Å². The van der Waals surface area contributed by atoms with E-state index >= 15 is 0 Å². The molecule has 2 aliphatic heterocycles. The van der Waals surface area contributed by atoms with Gasteiger partial charge in [-0.2, -0.15) is 0 Å². The van der Waals surface area contributed by atoms with Gasteiger partial charge in [0.05, 0.1) is 45.8 Å². The number of rotatable bonds is 16. The first-order valence-corrected chi connectivity index (χ1v) is 18.4. The van der Waals surface area contributed by atoms with Gasteiger partial charge in [-0.25, -0.2) is 4.68 Å². The highest BCUT2D eigenvalue weighted by atomic mass is 16.6. The molecule has 0 saturated carbocycles. The molecule has 0 bridgehead atoms. The van der Waals surface area contributed by atoms with E-state index in [0.29, 0.717) is 12.3 Å². The topological polar surface area (TPSA) is 167 Å². The van der Waals surface area contributed by atoms with Crippen LogP contribution in [-0.4, -0.2) is 97.5 Å². The Morgan fingerprint density at radius 3 is 1.56 bits per heavy atom. The summed E-state index contributed by atoms with van der Waals surface area (Å²) in [6, 6.07) is 39.3. The highest BCUT2D eigenvalue weighted by molar-refractivity contribution is 5.17. The Morgan fingerprint density at radius 1 is 0.545 bits per heavy atom. The van der Waals surface area contributed by atoms with Gasteiger partial charge in [0.2, 0.25) is 0 Å². The van der Waals surface area contributed by atoms with Crippen molar-refractivity contribution in [3.05, 3.63) is 155 Å². The van der Waals surface area contributed by atoms with Gasteiger partial charge in [-0.05, 0) is 22.3 Å². The van der Waals surface area contributed by atoms with Crippen LogP contribution in [0.3, 0.4) is 0 Å². The number of ether oxygens (including phenoxy) is 6. The van der Waals surface area contributed by atoms with Crippen molar-refractivity contribution >= 4 is 0 Å². The van der Waals surface area contributed by atoms with Crippen LogP contribution in [0.25, 0.3) is 0 Å². The molecular weight excluding hydrogens is 706 g/mol. The van der Waals surface area contributed by atoms with E-state index in [1.165, 1.54) is 10.9 Å². The summed E-state index contributed by atoms with van der Waals surface area (Å²) in [5, 5.41) is 50.3. The van der Waals surface area contributed by atoms with E-state index in [-0.39, 0.29) is 26.4 Å². The molecule has 13 nitrogen and oxygen atoms in total. The third kappa shape index (κ3) is 9.72. The van der Waals surface area contributed by atoms with Gasteiger partial charge in [-0.15, -0.1) is 5.10 Å². The van der Waals surface area contributed by atoms with Crippen LogP contribution in [0.15, 0.2) is 128 Å². The molecule has 2 aliphatic rings. The minimum atomic E-state index is -1.60. The molecule has 5 aromatic rings. The fourth-order valence-electron chi connectivity index (χ4n) is 6.87. The summed E-state index contributed by atoms with van der Waals surface area (Å²) in [6.45, 7) is 0.649. The number of aliphatic hydroxyl groups is 4. The van der Waals surface area contributed by atoms with Crippen LogP contribution < -0.4 is 0 Å². The molecule has 0 radical (unpaired) electrons. The zero-order valence-electron chi connectivity index (χ0n) is 30.2. The van der Waals surface area contributed by atoms with Crippen molar-refractivity contribution in [1.82, 2.24) is 15.0 Å². The maximum Gasteiger partial charge on any atom is 0.180 e. The van der Waals surface area contributed by atoms with E-state index in [9.17, 15) is 20.4 Å². The zero-order valence-corrected chi connectivity index (χ0v) is 30.2. The third-order valence-electron chi connectivity index (χ3n) is 9.83. The highest BCUT2D eigenvalue weighted by Crippen LogP contribution is 2.39. The zero-order chi connectivity index (χ0) is 38.0. The van der Waals surface area contributed by atoms with Crippen molar-refractivity contribution in [3.8, 4) is 0 Å². The quantitative estimate of drug-likeness (QED) is 0.116. The smallest absolute Gasteiger partial charge is 0.180 e. The van der Waals surface area contributed by atoms with Crippen LogP contribution in [0.4, 0.5) is 0 Å². The number of nitrogens with zero attached hydrogens (tertiary/aromatic N) is 3. The van der Waals surface area contributed by atoms with Crippen LogP contribution in [0.5, 0.6) is 0 Å². The molecule has 0 spiro atoms. The van der Waals surface area contributed by atoms with Crippen LogP contribution in [-0.2, 0) is 54.8 Å². The lowest BCUT2D eigenvalue weighted by molar-refractivity contribution is -0.275. The van der Waals surface area contributed by atoms with Crippen LogP contribution >= 0.6 is 0 Å². The van der Waals surface area contributed by atoms with Crippen molar-refractivity contribution in [2.75, 3.05) is 13.2 Å². The predicted molar refractivity (Wildman–Crippen MR) is 198 cm³/mol. The molecule has 0 amide bonds. The minimum Gasteiger partial charge on any atom is -0.394 e. The maximum absolute atomic E-state index is 10.9. The maximum atomic E-state index is 10.9. The molecule has 55 heavy (non-hydrogen) atoms. The summed E-state index contributed by atoms with van der Waals surface area (Å²) in [6.07, 6.45) is -9.28. The Morgan fingerprint density at radius 2 is 1.04 bits per heavy atom. The second-order valence-electron chi connectivity index (χ2n) is 13.7. The van der Waals surface area contributed by atoms with Gasteiger partial charge in [-0.3, -0.25) is 0 Å². The number of hydrogen-bond donors (Lipinski definition) is 4. The molecule has 1 aromatic heterocycles. The minimum absolute atomic E-state index is 0.141. The first-order chi connectivity index (χ1) is 27.0. The lowest BCUT2D eigenvalue weighted by Gasteiger charge is -2.45. The normalized spacial score (nSPS) is 28.2. The molecule has 13 heteroatoms. The van der Waals surface area contributed by atoms with Crippen LogP contribution in [0, 0.1) is 0 Å². The highest BCUT2D eigenvalue weighted by Gasteiger charge is 2.51. The van der Waals surface area contributed by atoms with Crippen molar-refractivity contribution in [1.29, 1.82) is 0 Å². The second-order valence-corrected chi connectivity index (χ2v) is 13.7. The molecule has 2 saturated heterocycles. The number of benzene rings is 4. The Bertz CT molecular complexity index is 1850. The number of hydrogen-bond acceptors (Lipinski definition) is 12. The van der Waals surface area contributed by atoms with Gasteiger partial charge in [0.25, 0.3) is 0 Å². The molecule has 3 heterocycles. The summed E-state index contributed by atoms with van der Waals surface area (Å²) in [4.78, 5) is 0. The van der Waals surface area contributed by atoms with E-state index in [1.54, 1.807) is 0 Å². The Balaban J connectivity index is 1.24. The van der Waals surface area contributed by atoms with Gasteiger partial charge < -0.3 is 48.8 Å². The molecule has 4 aromatic carbocycles. The molecular formula is C42H47N3O10. The molecule has 290 valence electrons. The largest absolute Gasteiger partial charge is 0.394 e. The standard InChI is InChI=1S/C42H47N3O10/c46-22-33-35(47)36(48)37(49)42(55-33)45-21-32(43-44-45)38-40(52-25-30-17-9-3-10-18-30)41(53-26-31-19-11-4-12-20-31)39(51-24-29-15-7-2-8-16-29)34(54-38)27-50-23-28-13-5-1-6-14-28/h1-21,33-42,46-49H,22-27H2/t33-,34-,35-,36+,37+,38-,39-,40-,41+,42+/m1/s1. The molecule has 2 fully saturated rings. The first kappa shape index (κ1) is 38.9. The van der Waals surface area contributed by atoms with Gasteiger partial charge >= 0.3 is 0 Å². The lowest BCUT2D eigenvalue weighted by Crippen LogP contribution is -2.58. The molecule has 7 rings (SSSR count). The van der Waals surface area contributed by atoms with Crippen molar-refractivity contribution in [3.63, 3.8) is 0 Å². The van der Waals surface area contributed by atoms with Gasteiger partial charge in [0.15, 0.2) is 6.23 Å². The average molecular weight is 754 g/mol. The van der Waals surface area contributed by atoms with Crippen LogP contribution in [0.1, 0.15) is 40.3 Å². The van der Waals surface area contributed by atoms with Crippen molar-refractivity contribution < 1.29 is 48.8 Å². The summed E-state index contributed by atoms with van der Waals surface area (Å²) >= 11 is 0. The third-order valence-corrected chi connectivity index (χ3v) is 9.83. The monoisotopic (exact) mass is 753 g/mol. The first-order valence-electron chi connectivity index (χ1n) is 18.4. The van der Waals surface area contributed by atoms with E-state index in [2.05, 4.69) is 10.3 Å². The molecule has 0 aliphatic carbocycles. The van der Waals surface area contributed by atoms with E-state index < -0.39 is 67.8 Å². The predicted octanol–water partition coefficient (Wildman–Crippen LogP) is 3.66. The van der Waals surface area contributed by atoms with E-state index in [1.807, 2.05) is 121 Å². The second kappa shape index (κ2) is 19.0. The van der Waals surface area contributed by atoms with Crippen molar-refractivity contribution in [2.24, 2.45) is 0 Å². The van der Waals surface area contributed by atoms with Gasteiger partial charge in [0, 0.05) is 0 Å². The van der Waals surface area contributed by atoms with Gasteiger partial charge in [-0.1, -0.05) is 127 Å². The van der Waals surface area contributed by atoms with Crippen molar-refractivity contribution in [2.45, 2.75) is 87.6 Å². The summed E-state index contributed by atoms with van der Waals surface area (Å²) in [5.41, 5.74) is 4.19. The fraction of sp³-hybridized carbons (Fsp3) is 0.381. The summed E-state index contributed by atoms with van der Waals surface area (Å²) in [5.74, 6) is 0. The van der Waals surface area contributed by atoms with E-state index in [4.69, 9.17) is 28.4 Å². The molecule has 10 atom stereocenters. The fourth-order valence-corrected chi connectivity index (χ4v) is 6.87. The summed E-state index contributed by atoms with van der Waals surface area (Å²) in [7, 11) is 0. The average Bonchev–Trinajstić information content (AvgIpc) is 3.72. The Labute approximate surface area is 319 Å². The molecule has 4 N–H and O–H groups in total. The lowest BCUT2D eigenvalue weighted by atomic mass is 9.92. The van der Waals surface area contributed by atoms with Gasteiger partial charge in [0.1, 0.15) is 60.6 Å². The Kier molecular flexibility index (Phi) is 13.4. The summed E-state index contributed by atoms with van der Waals surface area (Å²) < 4.78 is 40.5. The Hall–Kier alpha value is -4.38.